The van der Waals surface area contributed by atoms with Gasteiger partial charge in [-0.3, -0.25) is 5.84 Å². The lowest BCUT2D eigenvalue weighted by molar-refractivity contribution is -0.121. The molecule has 1 aromatic rings. The molecular weight excluding hydrogens is 261 g/mol. The van der Waals surface area contributed by atoms with Gasteiger partial charge in [0, 0.05) is 6.20 Å². The number of sulfonamides is 1. The van der Waals surface area contributed by atoms with Gasteiger partial charge in [-0.2, -0.15) is 13.2 Å². The molecule has 96 valence electrons. The Bertz CT molecular complexity index is 488. The fraction of sp³-hybridized carbons (Fsp3) is 0.286. The third-order valence-corrected chi connectivity index (χ3v) is 3.00. The van der Waals surface area contributed by atoms with E-state index in [9.17, 15) is 21.6 Å². The Morgan fingerprint density at radius 2 is 2.06 bits per heavy atom. The minimum Gasteiger partial charge on any atom is -0.321 e. The zero-order valence-corrected chi connectivity index (χ0v) is 9.14. The summed E-state index contributed by atoms with van der Waals surface area (Å²) in [5.41, 5.74) is 1.94. The molecule has 1 aromatic heterocycles. The van der Waals surface area contributed by atoms with Gasteiger partial charge in [-0.1, -0.05) is 0 Å². The molecule has 0 spiro atoms. The lowest BCUT2D eigenvalue weighted by atomic mass is 10.4. The van der Waals surface area contributed by atoms with Crippen LogP contribution in [-0.4, -0.2) is 26.1 Å². The Balaban J connectivity index is 2.98. The lowest BCUT2D eigenvalue weighted by Gasteiger charge is -2.11. The first-order valence-electron chi connectivity index (χ1n) is 4.24. The number of nitrogen functional groups attached to an aromatic ring is 1. The number of nitrogens with one attached hydrogen (secondary N) is 2. The first-order chi connectivity index (χ1) is 7.76. The topological polar surface area (TPSA) is 97.1 Å². The number of hydrogen-bond donors (Lipinski definition) is 3. The average molecular weight is 270 g/mol. The van der Waals surface area contributed by atoms with E-state index < -0.39 is 27.8 Å². The van der Waals surface area contributed by atoms with Gasteiger partial charge in [0.05, 0.1) is 5.69 Å². The minimum absolute atomic E-state index is 0.0952. The smallest absolute Gasteiger partial charge is 0.321 e. The van der Waals surface area contributed by atoms with E-state index in [-0.39, 0.29) is 5.69 Å². The predicted octanol–water partition coefficient (Wildman–Crippen LogP) is 0.208. The van der Waals surface area contributed by atoms with Crippen molar-refractivity contribution in [1.29, 1.82) is 0 Å². The number of alkyl halides is 3. The molecule has 0 aliphatic heterocycles. The van der Waals surface area contributed by atoms with Crippen molar-refractivity contribution in [2.24, 2.45) is 5.84 Å². The number of rotatable bonds is 4. The molecule has 0 saturated heterocycles. The van der Waals surface area contributed by atoms with Crippen molar-refractivity contribution >= 4 is 15.7 Å². The van der Waals surface area contributed by atoms with Gasteiger partial charge in [0.25, 0.3) is 10.0 Å². The van der Waals surface area contributed by atoms with Crippen LogP contribution in [0.25, 0.3) is 0 Å². The quantitative estimate of drug-likeness (QED) is 0.536. The van der Waals surface area contributed by atoms with Crippen molar-refractivity contribution in [2.75, 3.05) is 12.0 Å². The van der Waals surface area contributed by atoms with Gasteiger partial charge in [-0.25, -0.2) is 18.1 Å². The SMILES string of the molecule is NNc1cccnc1S(=O)(=O)NCC(F)(F)F. The number of nitrogens with zero attached hydrogens (tertiary/aromatic N) is 1. The van der Waals surface area contributed by atoms with Crippen LogP contribution in [0.2, 0.25) is 0 Å². The molecule has 4 N–H and O–H groups in total. The first-order valence-corrected chi connectivity index (χ1v) is 5.72. The van der Waals surface area contributed by atoms with E-state index in [4.69, 9.17) is 5.84 Å². The Hall–Kier alpha value is -1.39. The number of aromatic nitrogens is 1. The van der Waals surface area contributed by atoms with Crippen molar-refractivity contribution in [2.45, 2.75) is 11.2 Å². The number of nitrogens with two attached hydrogens (primary N) is 1. The fourth-order valence-corrected chi connectivity index (χ4v) is 2.07. The highest BCUT2D eigenvalue weighted by Gasteiger charge is 2.31. The number of anilines is 1. The zero-order valence-electron chi connectivity index (χ0n) is 8.32. The average Bonchev–Trinajstić information content (AvgIpc) is 2.26. The maximum atomic E-state index is 11.9. The molecule has 0 radical (unpaired) electrons. The summed E-state index contributed by atoms with van der Waals surface area (Å²) in [5.74, 6) is 5.02. The Kier molecular flexibility index (Phi) is 3.91. The van der Waals surface area contributed by atoms with Gasteiger partial charge in [0.2, 0.25) is 0 Å². The van der Waals surface area contributed by atoms with Crippen molar-refractivity contribution in [3.05, 3.63) is 18.3 Å². The summed E-state index contributed by atoms with van der Waals surface area (Å²) >= 11 is 0. The second kappa shape index (κ2) is 4.85. The van der Waals surface area contributed by atoms with Crippen molar-refractivity contribution in [1.82, 2.24) is 9.71 Å². The Morgan fingerprint density at radius 1 is 1.41 bits per heavy atom. The summed E-state index contributed by atoms with van der Waals surface area (Å²) in [7, 11) is -4.36. The van der Waals surface area contributed by atoms with E-state index in [2.05, 4.69) is 4.98 Å². The van der Waals surface area contributed by atoms with E-state index in [1.807, 2.05) is 5.43 Å². The van der Waals surface area contributed by atoms with E-state index >= 15 is 0 Å². The van der Waals surface area contributed by atoms with E-state index in [1.54, 1.807) is 0 Å². The van der Waals surface area contributed by atoms with Crippen molar-refractivity contribution < 1.29 is 21.6 Å². The largest absolute Gasteiger partial charge is 0.402 e. The molecule has 10 heteroatoms. The molecule has 0 aromatic carbocycles. The van der Waals surface area contributed by atoms with Crippen LogP contribution in [0.5, 0.6) is 0 Å². The third kappa shape index (κ3) is 3.84. The minimum atomic E-state index is -4.64. The highest BCUT2D eigenvalue weighted by atomic mass is 32.2. The number of hydrazine groups is 1. The molecule has 1 heterocycles. The molecule has 0 unspecified atom stereocenters. The Morgan fingerprint density at radius 3 is 2.59 bits per heavy atom. The van der Waals surface area contributed by atoms with Gasteiger partial charge < -0.3 is 5.43 Å². The number of pyridine rings is 1. The van der Waals surface area contributed by atoms with Crippen LogP contribution in [0.1, 0.15) is 0 Å². The normalized spacial score (nSPS) is 12.5. The molecule has 0 amide bonds. The van der Waals surface area contributed by atoms with Crippen LogP contribution in [-0.2, 0) is 10.0 Å². The highest BCUT2D eigenvalue weighted by Crippen LogP contribution is 2.18. The van der Waals surface area contributed by atoms with Crippen molar-refractivity contribution in [3.63, 3.8) is 0 Å². The van der Waals surface area contributed by atoms with Gasteiger partial charge in [-0.05, 0) is 12.1 Å². The molecule has 0 atom stereocenters. The first kappa shape index (κ1) is 13.7. The molecule has 0 aliphatic carbocycles. The van der Waals surface area contributed by atoms with Gasteiger partial charge in [0.1, 0.15) is 6.54 Å². The van der Waals surface area contributed by atoms with E-state index in [0.717, 1.165) is 6.20 Å². The van der Waals surface area contributed by atoms with Crippen LogP contribution >= 0.6 is 0 Å². The summed E-state index contributed by atoms with van der Waals surface area (Å²) < 4.78 is 60.0. The second-order valence-corrected chi connectivity index (χ2v) is 4.62. The molecule has 17 heavy (non-hydrogen) atoms. The molecule has 0 saturated carbocycles. The summed E-state index contributed by atoms with van der Waals surface area (Å²) in [5, 5.41) is -0.591. The monoisotopic (exact) mass is 270 g/mol. The van der Waals surface area contributed by atoms with Crippen LogP contribution in [0, 0.1) is 0 Å². The molecule has 0 fully saturated rings. The van der Waals surface area contributed by atoms with Crippen molar-refractivity contribution in [3.8, 4) is 0 Å². The van der Waals surface area contributed by atoms with Gasteiger partial charge >= 0.3 is 6.18 Å². The molecule has 0 bridgehead atoms. The van der Waals surface area contributed by atoms with Crippen LogP contribution < -0.4 is 16.0 Å². The predicted molar refractivity (Wildman–Crippen MR) is 53.3 cm³/mol. The van der Waals surface area contributed by atoms with E-state index in [0.29, 0.717) is 0 Å². The van der Waals surface area contributed by atoms with Gasteiger partial charge in [0.15, 0.2) is 5.03 Å². The van der Waals surface area contributed by atoms with E-state index in [1.165, 1.54) is 16.9 Å². The third-order valence-electron chi connectivity index (χ3n) is 1.64. The maximum absolute atomic E-state index is 11.9. The number of halogens is 3. The van der Waals surface area contributed by atoms with Gasteiger partial charge in [-0.15, -0.1) is 0 Å². The second-order valence-electron chi connectivity index (χ2n) is 2.94. The summed E-state index contributed by atoms with van der Waals surface area (Å²) in [6, 6.07) is 2.66. The fourth-order valence-electron chi connectivity index (χ4n) is 0.960. The molecule has 0 aliphatic rings. The van der Waals surface area contributed by atoms with Crippen LogP contribution in [0.3, 0.4) is 0 Å². The lowest BCUT2D eigenvalue weighted by Crippen LogP contribution is -2.34. The van der Waals surface area contributed by atoms with Crippen LogP contribution in [0.4, 0.5) is 18.9 Å². The number of hydrogen-bond acceptors (Lipinski definition) is 5. The summed E-state index contributed by atoms with van der Waals surface area (Å²) in [6.45, 7) is -1.67. The van der Waals surface area contributed by atoms with Crippen LogP contribution in [0.15, 0.2) is 23.4 Å². The maximum Gasteiger partial charge on any atom is 0.402 e. The highest BCUT2D eigenvalue weighted by molar-refractivity contribution is 7.89. The zero-order chi connectivity index (χ0) is 13.1. The molecule has 1 rings (SSSR count). The standard InChI is InChI=1S/C7H9F3N4O2S/c8-7(9,10)4-13-17(15,16)6-5(14-11)2-1-3-12-6/h1-3,13-14H,4,11H2. The summed E-state index contributed by atoms with van der Waals surface area (Å²) in [4.78, 5) is 3.46. The summed E-state index contributed by atoms with van der Waals surface area (Å²) in [6.07, 6.45) is -3.51. The molecular formula is C7H9F3N4O2S. The molecule has 6 nitrogen and oxygen atoms in total. The Labute approximate surface area is 95.0 Å².